The summed E-state index contributed by atoms with van der Waals surface area (Å²) in [5, 5.41) is 8.51. The number of amides is 2. The van der Waals surface area contributed by atoms with Crippen molar-refractivity contribution in [1.29, 1.82) is 0 Å². The molecule has 7 heteroatoms. The Balaban J connectivity index is 1.41. The number of hydrogen-bond acceptors (Lipinski definition) is 5. The molecule has 1 aliphatic carbocycles. The van der Waals surface area contributed by atoms with Crippen molar-refractivity contribution in [3.8, 4) is 0 Å². The molecule has 1 aliphatic heterocycles. The second kappa shape index (κ2) is 7.00. The average Bonchev–Trinajstić information content (AvgIpc) is 3.10. The van der Waals surface area contributed by atoms with Crippen molar-refractivity contribution in [3.63, 3.8) is 0 Å². The fourth-order valence-corrected chi connectivity index (χ4v) is 5.25. The smallest absolute Gasteiger partial charge is 0.242 e. The maximum atomic E-state index is 12.1. The SMILES string of the molecule is Cc1csc(SC2CCC(NC(=O)C3CCC(=O)N3)CC2)n1. The Hall–Kier alpha value is -1.08. The van der Waals surface area contributed by atoms with Crippen molar-refractivity contribution in [3.05, 3.63) is 11.1 Å². The predicted molar refractivity (Wildman–Crippen MR) is 88.1 cm³/mol. The minimum Gasteiger partial charge on any atom is -0.352 e. The van der Waals surface area contributed by atoms with Gasteiger partial charge < -0.3 is 10.6 Å². The summed E-state index contributed by atoms with van der Waals surface area (Å²) in [4.78, 5) is 27.8. The van der Waals surface area contributed by atoms with Gasteiger partial charge in [0, 0.05) is 28.8 Å². The molecule has 2 aliphatic rings. The number of nitrogens with zero attached hydrogens (tertiary/aromatic N) is 1. The number of thioether (sulfide) groups is 1. The van der Waals surface area contributed by atoms with E-state index in [1.807, 2.05) is 18.7 Å². The quantitative estimate of drug-likeness (QED) is 0.883. The summed E-state index contributed by atoms with van der Waals surface area (Å²) in [7, 11) is 0. The normalized spacial score (nSPS) is 28.4. The van der Waals surface area contributed by atoms with Crippen LogP contribution in [0.3, 0.4) is 0 Å². The number of aryl methyl sites for hydroxylation is 1. The Morgan fingerprint density at radius 2 is 2.14 bits per heavy atom. The molecule has 1 aromatic heterocycles. The van der Waals surface area contributed by atoms with Gasteiger partial charge in [-0.05, 0) is 39.0 Å². The van der Waals surface area contributed by atoms with Gasteiger partial charge in [-0.1, -0.05) is 11.8 Å². The molecule has 1 saturated carbocycles. The van der Waals surface area contributed by atoms with Gasteiger partial charge in [0.1, 0.15) is 10.4 Å². The van der Waals surface area contributed by atoms with Crippen LogP contribution in [0.1, 0.15) is 44.2 Å². The summed E-state index contributed by atoms with van der Waals surface area (Å²) in [6, 6.07) is -0.0715. The van der Waals surface area contributed by atoms with E-state index in [0.29, 0.717) is 18.1 Å². The molecule has 3 rings (SSSR count). The summed E-state index contributed by atoms with van der Waals surface area (Å²) >= 11 is 3.58. The molecule has 1 aromatic rings. The molecule has 0 bridgehead atoms. The van der Waals surface area contributed by atoms with E-state index in [1.54, 1.807) is 11.3 Å². The van der Waals surface area contributed by atoms with Crippen LogP contribution in [0.4, 0.5) is 0 Å². The van der Waals surface area contributed by atoms with Gasteiger partial charge in [-0.2, -0.15) is 0 Å². The molecule has 0 spiro atoms. The van der Waals surface area contributed by atoms with E-state index in [2.05, 4.69) is 21.0 Å². The Morgan fingerprint density at radius 3 is 2.73 bits per heavy atom. The second-order valence-corrected chi connectivity index (χ2v) is 8.42. The van der Waals surface area contributed by atoms with Gasteiger partial charge in [-0.15, -0.1) is 11.3 Å². The fraction of sp³-hybridized carbons (Fsp3) is 0.667. The zero-order chi connectivity index (χ0) is 15.5. The molecule has 2 N–H and O–H groups in total. The lowest BCUT2D eigenvalue weighted by atomic mass is 9.94. The summed E-state index contributed by atoms with van der Waals surface area (Å²) in [5.41, 5.74) is 1.09. The molecule has 1 unspecified atom stereocenters. The van der Waals surface area contributed by atoms with Crippen LogP contribution in [0.2, 0.25) is 0 Å². The standard InChI is InChI=1S/C15H21N3O2S2/c1-9-8-21-15(16-9)22-11-4-2-10(3-5-11)17-14(20)12-6-7-13(19)18-12/h8,10-12H,2-7H2,1H3,(H,17,20)(H,18,19). The van der Waals surface area contributed by atoms with Crippen LogP contribution >= 0.6 is 23.1 Å². The molecule has 2 fully saturated rings. The fourth-order valence-electron chi connectivity index (χ4n) is 2.97. The van der Waals surface area contributed by atoms with Gasteiger partial charge in [0.25, 0.3) is 0 Å². The molecule has 2 heterocycles. The van der Waals surface area contributed by atoms with Gasteiger partial charge in [0.2, 0.25) is 11.8 Å². The Morgan fingerprint density at radius 1 is 1.36 bits per heavy atom. The van der Waals surface area contributed by atoms with Crippen LogP contribution in [-0.2, 0) is 9.59 Å². The lowest BCUT2D eigenvalue weighted by Crippen LogP contribution is -2.47. The van der Waals surface area contributed by atoms with Crippen LogP contribution in [-0.4, -0.2) is 34.1 Å². The number of nitrogens with one attached hydrogen (secondary N) is 2. The number of rotatable bonds is 4. The highest BCUT2D eigenvalue weighted by molar-refractivity contribution is 8.01. The first-order chi connectivity index (χ1) is 10.6. The first-order valence-corrected chi connectivity index (χ1v) is 9.54. The van der Waals surface area contributed by atoms with E-state index in [4.69, 9.17) is 0 Å². The van der Waals surface area contributed by atoms with Crippen LogP contribution in [0.25, 0.3) is 0 Å². The van der Waals surface area contributed by atoms with Crippen LogP contribution in [0.5, 0.6) is 0 Å². The molecule has 0 aromatic carbocycles. The van der Waals surface area contributed by atoms with Crippen LogP contribution in [0, 0.1) is 6.92 Å². The summed E-state index contributed by atoms with van der Waals surface area (Å²) in [6.07, 6.45) is 5.31. The van der Waals surface area contributed by atoms with E-state index < -0.39 is 0 Å². The van der Waals surface area contributed by atoms with Gasteiger partial charge in [0.05, 0.1) is 0 Å². The molecule has 0 radical (unpaired) electrons. The van der Waals surface area contributed by atoms with E-state index in [9.17, 15) is 9.59 Å². The van der Waals surface area contributed by atoms with Crippen LogP contribution < -0.4 is 10.6 Å². The molecule has 2 amide bonds. The van der Waals surface area contributed by atoms with Gasteiger partial charge in [0.15, 0.2) is 0 Å². The molecule has 1 atom stereocenters. The summed E-state index contributed by atoms with van der Waals surface area (Å²) in [6.45, 7) is 2.02. The van der Waals surface area contributed by atoms with Crippen molar-refractivity contribution < 1.29 is 9.59 Å². The second-order valence-electron chi connectivity index (χ2n) is 6.01. The minimum atomic E-state index is -0.321. The third kappa shape index (κ3) is 4.01. The monoisotopic (exact) mass is 339 g/mol. The highest BCUT2D eigenvalue weighted by Crippen LogP contribution is 2.35. The van der Waals surface area contributed by atoms with Crippen molar-refractivity contribution in [1.82, 2.24) is 15.6 Å². The Labute approximate surface area is 138 Å². The summed E-state index contributed by atoms with van der Waals surface area (Å²) in [5.74, 6) is -0.0310. The molecule has 1 saturated heterocycles. The number of aromatic nitrogens is 1. The first kappa shape index (κ1) is 15.8. The highest BCUT2D eigenvalue weighted by Gasteiger charge is 2.30. The molecule has 22 heavy (non-hydrogen) atoms. The van der Waals surface area contributed by atoms with Gasteiger partial charge in [-0.3, -0.25) is 9.59 Å². The largest absolute Gasteiger partial charge is 0.352 e. The van der Waals surface area contributed by atoms with E-state index in [-0.39, 0.29) is 23.9 Å². The third-order valence-corrected chi connectivity index (χ3v) is 6.62. The third-order valence-electron chi connectivity index (χ3n) is 4.20. The zero-order valence-corrected chi connectivity index (χ0v) is 14.3. The number of carbonyl (C=O) groups is 2. The van der Waals surface area contributed by atoms with Crippen molar-refractivity contribution in [2.75, 3.05) is 0 Å². The zero-order valence-electron chi connectivity index (χ0n) is 12.6. The number of carbonyl (C=O) groups excluding carboxylic acids is 2. The maximum Gasteiger partial charge on any atom is 0.242 e. The van der Waals surface area contributed by atoms with Gasteiger partial charge in [-0.25, -0.2) is 4.98 Å². The number of hydrogen-bond donors (Lipinski definition) is 2. The van der Waals surface area contributed by atoms with E-state index in [0.717, 1.165) is 35.7 Å². The van der Waals surface area contributed by atoms with Crippen molar-refractivity contribution >= 4 is 34.9 Å². The lowest BCUT2D eigenvalue weighted by Gasteiger charge is -2.29. The van der Waals surface area contributed by atoms with Gasteiger partial charge >= 0.3 is 0 Å². The molecule has 120 valence electrons. The summed E-state index contributed by atoms with van der Waals surface area (Å²) < 4.78 is 1.15. The van der Waals surface area contributed by atoms with E-state index >= 15 is 0 Å². The van der Waals surface area contributed by atoms with Crippen LogP contribution in [0.15, 0.2) is 9.72 Å². The number of thiazole rings is 1. The lowest BCUT2D eigenvalue weighted by molar-refractivity contribution is -0.126. The highest BCUT2D eigenvalue weighted by atomic mass is 32.2. The Kier molecular flexibility index (Phi) is 5.03. The van der Waals surface area contributed by atoms with Crippen molar-refractivity contribution in [2.45, 2.75) is 67.1 Å². The predicted octanol–water partition coefficient (Wildman–Crippen LogP) is 2.25. The minimum absolute atomic E-state index is 0.0148. The Bertz CT molecular complexity index is 553. The average molecular weight is 339 g/mol. The molecular weight excluding hydrogens is 318 g/mol. The topological polar surface area (TPSA) is 71.1 Å². The molecular formula is C15H21N3O2S2. The van der Waals surface area contributed by atoms with Crippen molar-refractivity contribution in [2.24, 2.45) is 0 Å². The first-order valence-electron chi connectivity index (χ1n) is 7.78. The molecule has 5 nitrogen and oxygen atoms in total. The maximum absolute atomic E-state index is 12.1. The van der Waals surface area contributed by atoms with E-state index in [1.165, 1.54) is 0 Å².